The van der Waals surface area contributed by atoms with Crippen LogP contribution in [0.2, 0.25) is 0 Å². The van der Waals surface area contributed by atoms with Crippen LogP contribution in [-0.2, 0) is 0 Å². The van der Waals surface area contributed by atoms with Crippen LogP contribution >= 0.6 is 22.6 Å². The van der Waals surface area contributed by atoms with E-state index in [1.54, 1.807) is 12.1 Å². The van der Waals surface area contributed by atoms with Gasteiger partial charge in [0.2, 0.25) is 0 Å². The maximum atomic E-state index is 11.6. The molecule has 0 atom stereocenters. The monoisotopic (exact) mass is 386 g/mol. The SMILES string of the molecule is C#CCCCCNC(=O)Nc1ccc(I)cc1C(=O)O. The molecule has 20 heavy (non-hydrogen) atoms. The third-order valence-corrected chi connectivity index (χ3v) is 3.16. The molecule has 0 fully saturated rings. The van der Waals surface area contributed by atoms with Crippen molar-refractivity contribution in [2.24, 2.45) is 0 Å². The van der Waals surface area contributed by atoms with E-state index in [2.05, 4.69) is 16.6 Å². The summed E-state index contributed by atoms with van der Waals surface area (Å²) in [6, 6.07) is 4.39. The van der Waals surface area contributed by atoms with E-state index in [9.17, 15) is 9.59 Å². The van der Waals surface area contributed by atoms with Crippen molar-refractivity contribution in [2.45, 2.75) is 19.3 Å². The van der Waals surface area contributed by atoms with Crippen molar-refractivity contribution >= 4 is 40.3 Å². The number of amides is 2. The van der Waals surface area contributed by atoms with Crippen LogP contribution in [0.15, 0.2) is 18.2 Å². The molecule has 0 bridgehead atoms. The first-order valence-electron chi connectivity index (χ1n) is 6.05. The zero-order valence-corrected chi connectivity index (χ0v) is 12.9. The number of hydrogen-bond donors (Lipinski definition) is 3. The molecule has 0 heterocycles. The lowest BCUT2D eigenvalue weighted by molar-refractivity contribution is 0.0698. The number of unbranched alkanes of at least 4 members (excludes halogenated alkanes) is 2. The Kier molecular flexibility index (Phi) is 6.87. The van der Waals surface area contributed by atoms with Crippen molar-refractivity contribution in [3.05, 3.63) is 27.3 Å². The maximum absolute atomic E-state index is 11.6. The van der Waals surface area contributed by atoms with Gasteiger partial charge in [-0.3, -0.25) is 0 Å². The van der Waals surface area contributed by atoms with Crippen molar-refractivity contribution in [3.63, 3.8) is 0 Å². The van der Waals surface area contributed by atoms with Crippen LogP contribution in [-0.4, -0.2) is 23.7 Å². The number of carbonyl (C=O) groups excluding carboxylic acids is 1. The molecular weight excluding hydrogens is 371 g/mol. The van der Waals surface area contributed by atoms with Crippen LogP contribution in [0.3, 0.4) is 0 Å². The highest BCUT2D eigenvalue weighted by atomic mass is 127. The summed E-state index contributed by atoms with van der Waals surface area (Å²) in [6.45, 7) is 0.500. The largest absolute Gasteiger partial charge is 0.478 e. The minimum absolute atomic E-state index is 0.0689. The third-order valence-electron chi connectivity index (χ3n) is 2.49. The van der Waals surface area contributed by atoms with Gasteiger partial charge in [0.1, 0.15) is 0 Å². The van der Waals surface area contributed by atoms with E-state index in [1.165, 1.54) is 6.07 Å². The molecule has 2 amide bonds. The minimum Gasteiger partial charge on any atom is -0.478 e. The van der Waals surface area contributed by atoms with Crippen LogP contribution in [0.5, 0.6) is 0 Å². The van der Waals surface area contributed by atoms with E-state index >= 15 is 0 Å². The average molecular weight is 386 g/mol. The zero-order chi connectivity index (χ0) is 15.0. The van der Waals surface area contributed by atoms with Gasteiger partial charge in [0.15, 0.2) is 0 Å². The molecular formula is C14H15IN2O3. The van der Waals surface area contributed by atoms with Gasteiger partial charge in [0.05, 0.1) is 11.3 Å². The molecule has 1 aromatic carbocycles. The Morgan fingerprint density at radius 1 is 1.35 bits per heavy atom. The van der Waals surface area contributed by atoms with E-state index in [4.69, 9.17) is 11.5 Å². The molecule has 106 valence electrons. The highest BCUT2D eigenvalue weighted by Gasteiger charge is 2.12. The summed E-state index contributed by atoms with van der Waals surface area (Å²) in [5, 5.41) is 14.3. The molecule has 0 spiro atoms. The molecule has 0 aliphatic carbocycles. The van der Waals surface area contributed by atoms with Crippen LogP contribution in [0.4, 0.5) is 10.5 Å². The number of carboxylic acid groups (broad SMARTS) is 1. The Morgan fingerprint density at radius 2 is 2.10 bits per heavy atom. The van der Waals surface area contributed by atoms with Gasteiger partial charge in [0.25, 0.3) is 0 Å². The molecule has 1 rings (SSSR count). The van der Waals surface area contributed by atoms with E-state index in [0.717, 1.165) is 16.4 Å². The molecule has 0 saturated heterocycles. The number of benzene rings is 1. The summed E-state index contributed by atoms with van der Waals surface area (Å²) >= 11 is 2.02. The fourth-order valence-electron chi connectivity index (χ4n) is 1.52. The smallest absolute Gasteiger partial charge is 0.337 e. The molecule has 5 nitrogen and oxygen atoms in total. The maximum Gasteiger partial charge on any atom is 0.337 e. The third kappa shape index (κ3) is 5.48. The molecule has 1 aromatic rings. The second-order valence-corrected chi connectivity index (χ2v) is 5.28. The molecule has 0 unspecified atom stereocenters. The Labute approximate surface area is 131 Å². The van der Waals surface area contributed by atoms with Gasteiger partial charge in [-0.15, -0.1) is 12.3 Å². The van der Waals surface area contributed by atoms with Crippen LogP contribution in [0.25, 0.3) is 0 Å². The van der Waals surface area contributed by atoms with Gasteiger partial charge in [-0.1, -0.05) is 0 Å². The molecule has 3 N–H and O–H groups in total. The molecule has 0 aliphatic heterocycles. The lowest BCUT2D eigenvalue weighted by Gasteiger charge is -2.10. The van der Waals surface area contributed by atoms with Gasteiger partial charge in [-0.05, 0) is 53.6 Å². The number of nitrogens with one attached hydrogen (secondary N) is 2. The van der Waals surface area contributed by atoms with E-state index in [1.807, 2.05) is 22.6 Å². The number of anilines is 1. The van der Waals surface area contributed by atoms with Crippen molar-refractivity contribution in [1.29, 1.82) is 0 Å². The normalized spacial score (nSPS) is 9.60. The first kappa shape index (κ1) is 16.3. The number of terminal acetylenes is 1. The molecule has 0 aliphatic rings. The predicted octanol–water partition coefficient (Wildman–Crippen LogP) is 2.91. The summed E-state index contributed by atoms with van der Waals surface area (Å²) in [7, 11) is 0. The van der Waals surface area contributed by atoms with Crippen molar-refractivity contribution < 1.29 is 14.7 Å². The molecule has 0 radical (unpaired) electrons. The molecule has 0 saturated carbocycles. The number of rotatable bonds is 6. The van der Waals surface area contributed by atoms with Gasteiger partial charge < -0.3 is 15.7 Å². The van der Waals surface area contributed by atoms with Crippen molar-refractivity contribution in [3.8, 4) is 12.3 Å². The average Bonchev–Trinajstić information content (AvgIpc) is 2.40. The highest BCUT2D eigenvalue weighted by molar-refractivity contribution is 14.1. The van der Waals surface area contributed by atoms with Crippen LogP contribution in [0, 0.1) is 15.9 Å². The second kappa shape index (κ2) is 8.43. The second-order valence-electron chi connectivity index (χ2n) is 4.04. The van der Waals surface area contributed by atoms with Crippen molar-refractivity contribution in [2.75, 3.05) is 11.9 Å². The first-order valence-corrected chi connectivity index (χ1v) is 7.13. The van der Waals surface area contributed by atoms with Gasteiger partial charge in [-0.2, -0.15) is 0 Å². The quantitative estimate of drug-likeness (QED) is 0.400. The Morgan fingerprint density at radius 3 is 2.75 bits per heavy atom. The van der Waals surface area contributed by atoms with Crippen LogP contribution in [0.1, 0.15) is 29.6 Å². The number of aromatic carboxylic acids is 1. The molecule has 6 heteroatoms. The van der Waals surface area contributed by atoms with Crippen molar-refractivity contribution in [1.82, 2.24) is 5.32 Å². The number of hydrogen-bond acceptors (Lipinski definition) is 2. The summed E-state index contributed by atoms with van der Waals surface area (Å²) in [4.78, 5) is 22.7. The van der Waals surface area contributed by atoms with E-state index in [0.29, 0.717) is 13.0 Å². The van der Waals surface area contributed by atoms with Gasteiger partial charge in [0, 0.05) is 16.5 Å². The lowest BCUT2D eigenvalue weighted by Crippen LogP contribution is -2.30. The summed E-state index contributed by atoms with van der Waals surface area (Å²) in [5.41, 5.74) is 0.346. The summed E-state index contributed by atoms with van der Waals surface area (Å²) in [6.07, 6.45) is 7.44. The van der Waals surface area contributed by atoms with E-state index in [-0.39, 0.29) is 11.3 Å². The Bertz CT molecular complexity index is 538. The highest BCUT2D eigenvalue weighted by Crippen LogP contribution is 2.18. The Hall–Kier alpha value is -1.75. The van der Waals surface area contributed by atoms with E-state index < -0.39 is 12.0 Å². The number of carbonyl (C=O) groups is 2. The van der Waals surface area contributed by atoms with Crippen LogP contribution < -0.4 is 10.6 Å². The number of halogens is 1. The van der Waals surface area contributed by atoms with Gasteiger partial charge >= 0.3 is 12.0 Å². The zero-order valence-electron chi connectivity index (χ0n) is 10.8. The topological polar surface area (TPSA) is 78.4 Å². The minimum atomic E-state index is -1.08. The summed E-state index contributed by atoms with van der Waals surface area (Å²) in [5.74, 6) is 1.45. The Balaban J connectivity index is 2.54. The number of carboxylic acids is 1. The predicted molar refractivity (Wildman–Crippen MR) is 85.8 cm³/mol. The first-order chi connectivity index (χ1) is 9.54. The number of urea groups is 1. The lowest BCUT2D eigenvalue weighted by atomic mass is 10.2. The fraction of sp³-hybridized carbons (Fsp3) is 0.286. The summed E-state index contributed by atoms with van der Waals surface area (Å²) < 4.78 is 0.792. The molecule has 0 aromatic heterocycles. The fourth-order valence-corrected chi connectivity index (χ4v) is 2.01. The van der Waals surface area contributed by atoms with Gasteiger partial charge in [-0.25, -0.2) is 9.59 Å². The standard InChI is InChI=1S/C14H15IN2O3/c1-2-3-4-5-8-16-14(20)17-12-7-6-10(15)9-11(12)13(18)19/h1,6-7,9H,3-5,8H2,(H,18,19)(H2,16,17,20).